The maximum atomic E-state index is 8.93. The zero-order chi connectivity index (χ0) is 13.0. The van der Waals surface area contributed by atoms with E-state index in [9.17, 15) is 0 Å². The van der Waals surface area contributed by atoms with Crippen LogP contribution in [0.1, 0.15) is 23.7 Å². The fourth-order valence-corrected chi connectivity index (χ4v) is 1.81. The smallest absolute Gasteiger partial charge is 0.131 e. The van der Waals surface area contributed by atoms with Gasteiger partial charge >= 0.3 is 0 Å². The average Bonchev–Trinajstić information content (AvgIpc) is 2.38. The van der Waals surface area contributed by atoms with Crippen molar-refractivity contribution in [1.29, 1.82) is 5.26 Å². The molecule has 0 bridgehead atoms. The molecule has 0 aliphatic rings. The Balaban J connectivity index is 2.28. The Morgan fingerprint density at radius 3 is 2.83 bits per heavy atom. The molecule has 1 aromatic heterocycles. The van der Waals surface area contributed by atoms with Crippen LogP contribution in [0, 0.1) is 18.3 Å². The van der Waals surface area contributed by atoms with Crippen LogP contribution in [0.2, 0.25) is 0 Å². The molecular weight excluding hydrogens is 222 g/mol. The quantitative estimate of drug-likeness (QED) is 0.887. The summed E-state index contributed by atoms with van der Waals surface area (Å²) in [6.45, 7) is 4.01. The molecule has 18 heavy (non-hydrogen) atoms. The number of aryl methyl sites for hydroxylation is 2. The van der Waals surface area contributed by atoms with Crippen LogP contribution in [0.5, 0.6) is 0 Å². The van der Waals surface area contributed by atoms with Gasteiger partial charge in [0, 0.05) is 11.4 Å². The molecule has 0 aliphatic carbocycles. The van der Waals surface area contributed by atoms with Crippen LogP contribution in [0.25, 0.3) is 0 Å². The number of hydrogen-bond donors (Lipinski definition) is 1. The van der Waals surface area contributed by atoms with Gasteiger partial charge in [-0.25, -0.2) is 4.98 Å². The van der Waals surface area contributed by atoms with Gasteiger partial charge in [0.25, 0.3) is 0 Å². The van der Waals surface area contributed by atoms with E-state index in [-0.39, 0.29) is 0 Å². The minimum Gasteiger partial charge on any atom is -0.340 e. The van der Waals surface area contributed by atoms with Gasteiger partial charge in [0.15, 0.2) is 0 Å². The van der Waals surface area contributed by atoms with E-state index >= 15 is 0 Å². The maximum absolute atomic E-state index is 8.93. The van der Waals surface area contributed by atoms with Gasteiger partial charge in [-0.15, -0.1) is 0 Å². The predicted octanol–water partition coefficient (Wildman–Crippen LogP) is 3.57. The molecule has 0 atom stereocenters. The van der Waals surface area contributed by atoms with E-state index in [4.69, 9.17) is 5.26 Å². The van der Waals surface area contributed by atoms with E-state index in [0.29, 0.717) is 11.4 Å². The van der Waals surface area contributed by atoms with E-state index in [0.717, 1.165) is 17.8 Å². The number of aromatic nitrogens is 1. The second-order valence-electron chi connectivity index (χ2n) is 4.17. The molecule has 90 valence electrons. The second-order valence-corrected chi connectivity index (χ2v) is 4.17. The lowest BCUT2D eigenvalue weighted by Gasteiger charge is -2.08. The van der Waals surface area contributed by atoms with E-state index in [2.05, 4.69) is 35.4 Å². The molecule has 0 radical (unpaired) electrons. The van der Waals surface area contributed by atoms with E-state index in [1.807, 2.05) is 19.1 Å². The summed E-state index contributed by atoms with van der Waals surface area (Å²) in [6.07, 6.45) is 1.00. The fraction of sp³-hybridized carbons (Fsp3) is 0.200. The van der Waals surface area contributed by atoms with Crippen LogP contribution < -0.4 is 5.32 Å². The van der Waals surface area contributed by atoms with Crippen LogP contribution in [0.4, 0.5) is 11.5 Å². The van der Waals surface area contributed by atoms with Crippen LogP contribution >= 0.6 is 0 Å². The van der Waals surface area contributed by atoms with Crippen molar-refractivity contribution in [1.82, 2.24) is 4.98 Å². The molecule has 0 saturated heterocycles. The highest BCUT2D eigenvalue weighted by Gasteiger charge is 2.01. The van der Waals surface area contributed by atoms with E-state index in [1.165, 1.54) is 5.56 Å². The highest BCUT2D eigenvalue weighted by molar-refractivity contribution is 5.58. The molecule has 2 aromatic rings. The number of hydrogen-bond acceptors (Lipinski definition) is 3. The molecule has 0 amide bonds. The third-order valence-electron chi connectivity index (χ3n) is 2.69. The van der Waals surface area contributed by atoms with Crippen molar-refractivity contribution in [3.63, 3.8) is 0 Å². The molecule has 0 spiro atoms. The molecule has 2 rings (SSSR count). The summed E-state index contributed by atoms with van der Waals surface area (Å²) in [6, 6.07) is 13.9. The predicted molar refractivity (Wildman–Crippen MR) is 72.8 cm³/mol. The average molecular weight is 237 g/mol. The first-order valence-corrected chi connectivity index (χ1v) is 5.96. The van der Waals surface area contributed by atoms with Crippen molar-refractivity contribution >= 4 is 11.5 Å². The monoisotopic (exact) mass is 237 g/mol. The van der Waals surface area contributed by atoms with Gasteiger partial charge in [0.1, 0.15) is 5.82 Å². The molecule has 0 saturated carbocycles. The Morgan fingerprint density at radius 1 is 1.28 bits per heavy atom. The van der Waals surface area contributed by atoms with Gasteiger partial charge in [0.2, 0.25) is 0 Å². The van der Waals surface area contributed by atoms with Crippen molar-refractivity contribution in [3.8, 4) is 6.07 Å². The highest BCUT2D eigenvalue weighted by Crippen LogP contribution is 2.18. The van der Waals surface area contributed by atoms with Crippen molar-refractivity contribution < 1.29 is 0 Å². The first-order chi connectivity index (χ1) is 8.71. The topological polar surface area (TPSA) is 48.7 Å². The number of pyridine rings is 1. The minimum atomic E-state index is 0.622. The number of rotatable bonds is 3. The summed E-state index contributed by atoms with van der Waals surface area (Å²) in [5, 5.41) is 12.2. The zero-order valence-electron chi connectivity index (χ0n) is 10.6. The lowest BCUT2D eigenvalue weighted by Crippen LogP contribution is -1.96. The molecule has 1 heterocycles. The van der Waals surface area contributed by atoms with Crippen molar-refractivity contribution in [2.75, 3.05) is 5.32 Å². The highest BCUT2D eigenvalue weighted by atomic mass is 15.0. The molecule has 1 N–H and O–H groups in total. The molecule has 0 fully saturated rings. The Bertz CT molecular complexity index is 597. The summed E-state index contributed by atoms with van der Waals surface area (Å²) in [4.78, 5) is 4.37. The minimum absolute atomic E-state index is 0.622. The first kappa shape index (κ1) is 12.1. The van der Waals surface area contributed by atoms with Gasteiger partial charge in [0.05, 0.1) is 11.6 Å². The largest absolute Gasteiger partial charge is 0.340 e. The summed E-state index contributed by atoms with van der Waals surface area (Å²) >= 11 is 0. The third-order valence-corrected chi connectivity index (χ3v) is 2.69. The van der Waals surface area contributed by atoms with Crippen LogP contribution in [0.3, 0.4) is 0 Å². The number of nitriles is 1. The van der Waals surface area contributed by atoms with Crippen molar-refractivity contribution in [3.05, 3.63) is 53.2 Å². The van der Waals surface area contributed by atoms with Crippen molar-refractivity contribution in [2.24, 2.45) is 0 Å². The number of anilines is 2. The Labute approximate surface area is 107 Å². The van der Waals surface area contributed by atoms with Crippen LogP contribution in [0.15, 0.2) is 36.4 Å². The normalized spacial score (nSPS) is 9.83. The second kappa shape index (κ2) is 5.33. The molecule has 0 unspecified atom stereocenters. The maximum Gasteiger partial charge on any atom is 0.131 e. The number of benzene rings is 1. The van der Waals surface area contributed by atoms with Gasteiger partial charge in [-0.2, -0.15) is 5.26 Å². The number of nitrogens with one attached hydrogen (secondary N) is 1. The first-order valence-electron chi connectivity index (χ1n) is 5.96. The van der Waals surface area contributed by atoms with E-state index in [1.54, 1.807) is 12.1 Å². The molecule has 0 aliphatic heterocycles. The zero-order valence-corrected chi connectivity index (χ0v) is 10.6. The Hall–Kier alpha value is -2.34. The van der Waals surface area contributed by atoms with Crippen molar-refractivity contribution in [2.45, 2.75) is 20.3 Å². The third kappa shape index (κ3) is 2.86. The lowest BCUT2D eigenvalue weighted by molar-refractivity contribution is 1.14. The SMILES string of the molecule is CCc1cccc(Nc2cc(C#N)cc(C)n2)c1. The fourth-order valence-electron chi connectivity index (χ4n) is 1.81. The molecule has 3 nitrogen and oxygen atoms in total. The van der Waals surface area contributed by atoms with Gasteiger partial charge in [-0.1, -0.05) is 19.1 Å². The van der Waals surface area contributed by atoms with Gasteiger partial charge in [-0.05, 0) is 43.2 Å². The summed E-state index contributed by atoms with van der Waals surface area (Å²) in [7, 11) is 0. The van der Waals surface area contributed by atoms with E-state index < -0.39 is 0 Å². The lowest BCUT2D eigenvalue weighted by atomic mass is 10.1. The molecular formula is C15H15N3. The Morgan fingerprint density at radius 2 is 2.11 bits per heavy atom. The molecule has 3 heteroatoms. The van der Waals surface area contributed by atoms with Gasteiger partial charge in [-0.3, -0.25) is 0 Å². The van der Waals surface area contributed by atoms with Crippen LogP contribution in [-0.4, -0.2) is 4.98 Å². The number of nitrogens with zero attached hydrogens (tertiary/aromatic N) is 2. The summed E-state index contributed by atoms with van der Waals surface area (Å²) < 4.78 is 0. The molecule has 1 aromatic carbocycles. The van der Waals surface area contributed by atoms with Gasteiger partial charge < -0.3 is 5.32 Å². The standard InChI is InChI=1S/C15H15N3/c1-3-12-5-4-6-14(8-12)18-15-9-13(10-16)7-11(2)17-15/h4-9H,3H2,1-2H3,(H,17,18). The summed E-state index contributed by atoms with van der Waals surface area (Å²) in [5.41, 5.74) is 3.73. The Kier molecular flexibility index (Phi) is 3.59. The summed E-state index contributed by atoms with van der Waals surface area (Å²) in [5.74, 6) is 0.708. The van der Waals surface area contributed by atoms with Crippen LogP contribution in [-0.2, 0) is 6.42 Å².